The molecule has 0 aromatic rings. The van der Waals surface area contributed by atoms with E-state index < -0.39 is 5.97 Å². The molecule has 0 amide bonds. The molecule has 0 aromatic carbocycles. The zero-order chi connectivity index (χ0) is 9.11. The Kier molecular flexibility index (Phi) is 13.9. The molecular weight excluding hydrogens is 140 g/mol. The van der Waals surface area contributed by atoms with Crippen molar-refractivity contribution in [2.24, 2.45) is 0 Å². The number of hydrogen-bond donors (Lipinski definition) is 1. The molecule has 0 spiro atoms. The van der Waals surface area contributed by atoms with E-state index >= 15 is 0 Å². The minimum absolute atomic E-state index is 0.222. The first-order chi connectivity index (χ1) is 5.18. The maximum atomic E-state index is 9.37. The molecule has 0 rings (SSSR count). The Morgan fingerprint density at radius 3 is 1.55 bits per heavy atom. The van der Waals surface area contributed by atoms with E-state index in [1.165, 1.54) is 12.8 Å². The summed E-state index contributed by atoms with van der Waals surface area (Å²) in [6.45, 7) is 5.89. The molecule has 2 heteroatoms. The molecule has 0 aliphatic heterocycles. The lowest BCUT2D eigenvalue weighted by Crippen LogP contribution is -1.86. The van der Waals surface area contributed by atoms with Gasteiger partial charge in [0.2, 0.25) is 0 Å². The van der Waals surface area contributed by atoms with E-state index in [4.69, 9.17) is 5.11 Å². The second-order valence-electron chi connectivity index (χ2n) is 2.04. The van der Waals surface area contributed by atoms with Crippen molar-refractivity contribution < 1.29 is 9.90 Å². The Bertz CT molecular complexity index is 100. The van der Waals surface area contributed by atoms with E-state index in [1.807, 2.05) is 0 Å². The molecule has 0 fully saturated rings. The summed E-state index contributed by atoms with van der Waals surface area (Å²) in [7, 11) is 0. The monoisotopic (exact) mass is 158 g/mol. The molecule has 2 nitrogen and oxygen atoms in total. The molecule has 0 saturated heterocycles. The summed E-state index contributed by atoms with van der Waals surface area (Å²) in [6, 6.07) is 0. The van der Waals surface area contributed by atoms with Crippen LogP contribution in [0.1, 0.15) is 40.0 Å². The van der Waals surface area contributed by atoms with Gasteiger partial charge in [0.05, 0.1) is 0 Å². The lowest BCUT2D eigenvalue weighted by molar-refractivity contribution is -0.136. The highest BCUT2D eigenvalue weighted by Crippen LogP contribution is 1.81. The summed E-state index contributed by atoms with van der Waals surface area (Å²) < 4.78 is 0. The number of carboxylic acids is 1. The molecule has 0 aliphatic rings. The van der Waals surface area contributed by atoms with Crippen LogP contribution in [0.5, 0.6) is 0 Å². The molecule has 0 heterocycles. The Labute approximate surface area is 68.9 Å². The van der Waals surface area contributed by atoms with Crippen LogP contribution >= 0.6 is 0 Å². The van der Waals surface area contributed by atoms with Crippen molar-refractivity contribution in [3.63, 3.8) is 0 Å². The minimum Gasteiger partial charge on any atom is -0.481 e. The van der Waals surface area contributed by atoms with Crippen LogP contribution in [0.3, 0.4) is 0 Å². The van der Waals surface area contributed by atoms with E-state index in [0.29, 0.717) is 0 Å². The maximum Gasteiger partial charge on any atom is 0.303 e. The van der Waals surface area contributed by atoms with Gasteiger partial charge in [-0.05, 0) is 12.8 Å². The minimum atomic E-state index is -0.745. The Hall–Kier alpha value is -0.790. The Morgan fingerprint density at radius 1 is 1.18 bits per heavy atom. The van der Waals surface area contributed by atoms with Crippen LogP contribution < -0.4 is 0 Å². The lowest BCUT2D eigenvalue weighted by Gasteiger charge is -1.72. The van der Waals surface area contributed by atoms with Gasteiger partial charge in [0, 0.05) is 6.42 Å². The number of hydrogen-bond acceptors (Lipinski definition) is 1. The third-order valence-electron chi connectivity index (χ3n) is 0.941. The number of carbonyl (C=O) groups is 1. The molecule has 1 N–H and O–H groups in total. The van der Waals surface area contributed by atoms with E-state index in [2.05, 4.69) is 26.0 Å². The average molecular weight is 158 g/mol. The highest BCUT2D eigenvalue weighted by atomic mass is 16.4. The molecule has 11 heavy (non-hydrogen) atoms. The quantitative estimate of drug-likeness (QED) is 0.641. The van der Waals surface area contributed by atoms with E-state index in [1.54, 1.807) is 6.92 Å². The van der Waals surface area contributed by atoms with Gasteiger partial charge in [0.15, 0.2) is 0 Å². The van der Waals surface area contributed by atoms with Gasteiger partial charge in [-0.1, -0.05) is 32.9 Å². The highest BCUT2D eigenvalue weighted by Gasteiger charge is 1.80. The first-order valence-electron chi connectivity index (χ1n) is 4.05. The summed E-state index contributed by atoms with van der Waals surface area (Å²) in [4.78, 5) is 9.37. The molecule has 0 aliphatic carbocycles. The SMILES string of the molecule is CC/C=C\CC.CCC(=O)O. The predicted molar refractivity (Wildman–Crippen MR) is 47.6 cm³/mol. The van der Waals surface area contributed by atoms with Gasteiger partial charge in [-0.15, -0.1) is 0 Å². The zero-order valence-corrected chi connectivity index (χ0v) is 7.63. The Morgan fingerprint density at radius 2 is 1.45 bits per heavy atom. The van der Waals surface area contributed by atoms with E-state index in [0.717, 1.165) is 0 Å². The average Bonchev–Trinajstić information content (AvgIpc) is 2.02. The number of aliphatic carboxylic acids is 1. The van der Waals surface area contributed by atoms with Crippen molar-refractivity contribution in [2.75, 3.05) is 0 Å². The predicted octanol–water partition coefficient (Wildman–Crippen LogP) is 2.84. The van der Waals surface area contributed by atoms with Crippen LogP contribution in [0.4, 0.5) is 0 Å². The molecule has 0 saturated carbocycles. The summed E-state index contributed by atoms with van der Waals surface area (Å²) in [5.41, 5.74) is 0. The topological polar surface area (TPSA) is 37.3 Å². The van der Waals surface area contributed by atoms with Crippen LogP contribution in [0, 0.1) is 0 Å². The van der Waals surface area contributed by atoms with Crippen molar-refractivity contribution in [1.82, 2.24) is 0 Å². The van der Waals surface area contributed by atoms with Gasteiger partial charge in [-0.2, -0.15) is 0 Å². The van der Waals surface area contributed by atoms with E-state index in [-0.39, 0.29) is 6.42 Å². The fraction of sp³-hybridized carbons (Fsp3) is 0.667. The van der Waals surface area contributed by atoms with Crippen LogP contribution in [0.15, 0.2) is 12.2 Å². The van der Waals surface area contributed by atoms with Gasteiger partial charge in [0.25, 0.3) is 0 Å². The molecule has 0 unspecified atom stereocenters. The highest BCUT2D eigenvalue weighted by molar-refractivity contribution is 5.66. The summed E-state index contributed by atoms with van der Waals surface area (Å²) in [5, 5.41) is 7.72. The van der Waals surface area contributed by atoms with Crippen molar-refractivity contribution in [2.45, 2.75) is 40.0 Å². The third-order valence-corrected chi connectivity index (χ3v) is 0.941. The lowest BCUT2D eigenvalue weighted by atomic mass is 10.4. The van der Waals surface area contributed by atoms with Gasteiger partial charge >= 0.3 is 5.97 Å². The molecule has 0 bridgehead atoms. The van der Waals surface area contributed by atoms with Crippen molar-refractivity contribution in [3.8, 4) is 0 Å². The maximum absolute atomic E-state index is 9.37. The fourth-order valence-electron chi connectivity index (χ4n) is 0.333. The third kappa shape index (κ3) is 27.0. The molecule has 66 valence electrons. The van der Waals surface area contributed by atoms with Gasteiger partial charge in [-0.3, -0.25) is 4.79 Å². The summed E-state index contributed by atoms with van der Waals surface area (Å²) in [6.07, 6.45) is 6.93. The second-order valence-corrected chi connectivity index (χ2v) is 2.04. The van der Waals surface area contributed by atoms with Crippen molar-refractivity contribution in [1.29, 1.82) is 0 Å². The van der Waals surface area contributed by atoms with Gasteiger partial charge in [-0.25, -0.2) is 0 Å². The normalized spacial score (nSPS) is 9.00. The van der Waals surface area contributed by atoms with Crippen LogP contribution in [-0.2, 0) is 4.79 Å². The number of rotatable bonds is 3. The number of carboxylic acid groups (broad SMARTS) is 1. The zero-order valence-electron chi connectivity index (χ0n) is 7.63. The van der Waals surface area contributed by atoms with Crippen molar-refractivity contribution >= 4 is 5.97 Å². The number of allylic oxidation sites excluding steroid dienone is 2. The van der Waals surface area contributed by atoms with Crippen LogP contribution in [-0.4, -0.2) is 11.1 Å². The second kappa shape index (κ2) is 11.9. The van der Waals surface area contributed by atoms with Crippen molar-refractivity contribution in [3.05, 3.63) is 12.2 Å². The summed E-state index contributed by atoms with van der Waals surface area (Å²) >= 11 is 0. The fourth-order valence-corrected chi connectivity index (χ4v) is 0.333. The molecule has 0 aromatic heterocycles. The molecule has 0 radical (unpaired) electrons. The Balaban J connectivity index is 0. The first-order valence-corrected chi connectivity index (χ1v) is 4.05. The first kappa shape index (κ1) is 12.8. The largest absolute Gasteiger partial charge is 0.481 e. The molecule has 0 atom stereocenters. The standard InChI is InChI=1S/C6H12.C3H6O2/c1-3-5-6-4-2;1-2-3(4)5/h5-6H,3-4H2,1-2H3;2H2,1H3,(H,4,5)/b6-5-;. The van der Waals surface area contributed by atoms with Crippen LogP contribution in [0.25, 0.3) is 0 Å². The van der Waals surface area contributed by atoms with Gasteiger partial charge in [0.1, 0.15) is 0 Å². The van der Waals surface area contributed by atoms with E-state index in [9.17, 15) is 4.79 Å². The van der Waals surface area contributed by atoms with Gasteiger partial charge < -0.3 is 5.11 Å². The summed E-state index contributed by atoms with van der Waals surface area (Å²) in [5.74, 6) is -0.745. The van der Waals surface area contributed by atoms with Crippen LogP contribution in [0.2, 0.25) is 0 Å². The molecular formula is C9H18O2. The smallest absolute Gasteiger partial charge is 0.303 e.